The molecule has 3 atom stereocenters. The number of hydrogen-bond acceptors (Lipinski definition) is 5. The quantitative estimate of drug-likeness (QED) is 0.448. The number of carboxylic acid groups (broad SMARTS) is 1. The van der Waals surface area contributed by atoms with Gasteiger partial charge in [-0.2, -0.15) is 0 Å². The lowest BCUT2D eigenvalue weighted by Gasteiger charge is -2.25. The summed E-state index contributed by atoms with van der Waals surface area (Å²) in [5.74, 6) is -4.26. The predicted octanol–water partition coefficient (Wildman–Crippen LogP) is 1.21. The molecular weight excluding hydrogens is 402 g/mol. The van der Waals surface area contributed by atoms with Gasteiger partial charge >= 0.3 is 12.1 Å². The van der Waals surface area contributed by atoms with Gasteiger partial charge in [0.05, 0.1) is 5.92 Å². The van der Waals surface area contributed by atoms with Gasteiger partial charge in [0.15, 0.2) is 0 Å². The fourth-order valence-corrected chi connectivity index (χ4v) is 2.83. The third kappa shape index (κ3) is 7.46. The number of carbonyl (C=O) groups is 4. The smallest absolute Gasteiger partial charge is 0.408 e. The van der Waals surface area contributed by atoms with Crippen molar-refractivity contribution in [3.05, 3.63) is 71.8 Å². The third-order valence-electron chi connectivity index (χ3n) is 4.57. The van der Waals surface area contributed by atoms with E-state index in [-0.39, 0.29) is 13.0 Å². The van der Waals surface area contributed by atoms with Gasteiger partial charge in [0.2, 0.25) is 11.8 Å². The zero-order valence-corrected chi connectivity index (χ0v) is 17.0. The number of nitrogens with two attached hydrogens (primary N) is 1. The van der Waals surface area contributed by atoms with Crippen molar-refractivity contribution in [3.8, 4) is 0 Å². The Hall–Kier alpha value is -3.88. The normalized spacial score (nSPS) is 13.3. The minimum absolute atomic E-state index is 0.0296. The van der Waals surface area contributed by atoms with E-state index in [1.165, 1.54) is 6.92 Å². The summed E-state index contributed by atoms with van der Waals surface area (Å²) in [4.78, 5) is 48.4. The number of carbonyl (C=O) groups excluding carboxylic acids is 3. The molecule has 0 bridgehead atoms. The lowest BCUT2D eigenvalue weighted by atomic mass is 9.91. The van der Waals surface area contributed by atoms with E-state index in [2.05, 4.69) is 10.6 Å². The Balaban J connectivity index is 2.18. The summed E-state index contributed by atoms with van der Waals surface area (Å²) in [7, 11) is 0. The van der Waals surface area contributed by atoms with E-state index in [1.54, 1.807) is 54.6 Å². The molecule has 9 nitrogen and oxygen atoms in total. The first-order chi connectivity index (χ1) is 14.8. The number of primary amides is 1. The van der Waals surface area contributed by atoms with Gasteiger partial charge in [0, 0.05) is 0 Å². The number of aliphatic carboxylic acids is 1. The maximum atomic E-state index is 12.8. The molecule has 0 aliphatic heterocycles. The number of ether oxygens (including phenoxy) is 1. The molecule has 31 heavy (non-hydrogen) atoms. The summed E-state index contributed by atoms with van der Waals surface area (Å²) in [6.45, 7) is 1.30. The lowest BCUT2D eigenvalue weighted by molar-refractivity contribution is -0.145. The van der Waals surface area contributed by atoms with Gasteiger partial charge in [-0.3, -0.25) is 14.4 Å². The molecule has 0 saturated carbocycles. The molecule has 0 radical (unpaired) electrons. The van der Waals surface area contributed by atoms with E-state index in [9.17, 15) is 24.3 Å². The largest absolute Gasteiger partial charge is 0.481 e. The van der Waals surface area contributed by atoms with Gasteiger partial charge in [-0.05, 0) is 24.5 Å². The highest BCUT2D eigenvalue weighted by molar-refractivity contribution is 5.93. The molecule has 0 spiro atoms. The average molecular weight is 427 g/mol. The summed E-state index contributed by atoms with van der Waals surface area (Å²) in [6, 6.07) is 15.0. The first kappa shape index (κ1) is 23.4. The molecule has 2 rings (SSSR count). The van der Waals surface area contributed by atoms with E-state index < -0.39 is 41.9 Å². The second-order valence-electron chi connectivity index (χ2n) is 6.95. The van der Waals surface area contributed by atoms with Crippen molar-refractivity contribution >= 4 is 23.9 Å². The minimum atomic E-state index is -1.50. The summed E-state index contributed by atoms with van der Waals surface area (Å²) < 4.78 is 5.13. The molecule has 0 saturated heterocycles. The molecule has 0 fully saturated rings. The highest BCUT2D eigenvalue weighted by atomic mass is 16.5. The average Bonchev–Trinajstić information content (AvgIpc) is 2.75. The Labute approximate surface area is 179 Å². The maximum Gasteiger partial charge on any atom is 0.408 e. The number of alkyl carbamates (subject to hydrolysis) is 1. The van der Waals surface area contributed by atoms with E-state index in [1.807, 2.05) is 6.07 Å². The van der Waals surface area contributed by atoms with E-state index >= 15 is 0 Å². The van der Waals surface area contributed by atoms with Crippen LogP contribution >= 0.6 is 0 Å². The Bertz CT molecular complexity index is 904. The number of hydrogen-bond donors (Lipinski definition) is 4. The highest BCUT2D eigenvalue weighted by Crippen LogP contribution is 2.15. The van der Waals surface area contributed by atoms with Crippen LogP contribution < -0.4 is 16.4 Å². The summed E-state index contributed by atoms with van der Waals surface area (Å²) in [5.41, 5.74) is 6.56. The van der Waals surface area contributed by atoms with Gasteiger partial charge in [-0.25, -0.2) is 4.79 Å². The molecule has 0 aromatic heterocycles. The van der Waals surface area contributed by atoms with Gasteiger partial charge in [0.1, 0.15) is 18.7 Å². The van der Waals surface area contributed by atoms with Crippen molar-refractivity contribution in [2.45, 2.75) is 32.0 Å². The standard InChI is InChI=1S/C22H25N3O6/c1-14(19(23)26)24-20(27)18(17(21(28)29)12-15-8-4-2-5-9-15)25-22(30)31-13-16-10-6-3-7-11-16/h2-11,14,17-18H,12-13H2,1H3,(H2,23,26)(H,24,27)(H,25,30)(H,28,29)/t14-,17?,18+/m1/s1. The lowest BCUT2D eigenvalue weighted by Crippen LogP contribution is -2.56. The van der Waals surface area contributed by atoms with Crippen molar-refractivity contribution in [1.82, 2.24) is 10.6 Å². The molecule has 5 N–H and O–H groups in total. The van der Waals surface area contributed by atoms with Crippen LogP contribution in [0.5, 0.6) is 0 Å². The van der Waals surface area contributed by atoms with Crippen LogP contribution in [-0.2, 0) is 32.1 Å². The fourth-order valence-electron chi connectivity index (χ4n) is 2.83. The van der Waals surface area contributed by atoms with Crippen LogP contribution in [0.1, 0.15) is 18.1 Å². The molecule has 9 heteroatoms. The molecule has 1 unspecified atom stereocenters. The van der Waals surface area contributed by atoms with Crippen molar-refractivity contribution in [2.24, 2.45) is 11.7 Å². The molecule has 0 heterocycles. The summed E-state index contributed by atoms with van der Waals surface area (Å²) in [6.07, 6.45) is -0.993. The second kappa shape index (κ2) is 11.3. The monoisotopic (exact) mass is 427 g/mol. The number of nitrogens with one attached hydrogen (secondary N) is 2. The zero-order chi connectivity index (χ0) is 22.8. The van der Waals surface area contributed by atoms with E-state index in [4.69, 9.17) is 10.5 Å². The van der Waals surface area contributed by atoms with Crippen molar-refractivity contribution in [1.29, 1.82) is 0 Å². The van der Waals surface area contributed by atoms with Crippen LogP contribution in [0.4, 0.5) is 4.79 Å². The summed E-state index contributed by atoms with van der Waals surface area (Å²) >= 11 is 0. The van der Waals surface area contributed by atoms with Gasteiger partial charge in [0.25, 0.3) is 0 Å². The Morgan fingerprint density at radius 3 is 2.00 bits per heavy atom. The van der Waals surface area contributed by atoms with Crippen LogP contribution in [0, 0.1) is 5.92 Å². The topological polar surface area (TPSA) is 148 Å². The van der Waals surface area contributed by atoms with Crippen LogP contribution in [0.15, 0.2) is 60.7 Å². The van der Waals surface area contributed by atoms with Crippen LogP contribution in [0.3, 0.4) is 0 Å². The molecular formula is C22H25N3O6. The molecule has 0 aliphatic rings. The number of amides is 3. The number of benzene rings is 2. The minimum Gasteiger partial charge on any atom is -0.481 e. The number of rotatable bonds is 10. The van der Waals surface area contributed by atoms with Gasteiger partial charge in [-0.1, -0.05) is 60.7 Å². The van der Waals surface area contributed by atoms with Crippen molar-refractivity contribution < 1.29 is 29.0 Å². The highest BCUT2D eigenvalue weighted by Gasteiger charge is 2.36. The zero-order valence-electron chi connectivity index (χ0n) is 17.0. The van der Waals surface area contributed by atoms with Crippen LogP contribution in [0.25, 0.3) is 0 Å². The predicted molar refractivity (Wildman–Crippen MR) is 112 cm³/mol. The molecule has 2 aromatic carbocycles. The van der Waals surface area contributed by atoms with E-state index in [0.29, 0.717) is 5.56 Å². The summed E-state index contributed by atoms with van der Waals surface area (Å²) in [5, 5.41) is 14.4. The number of carboxylic acids is 1. The van der Waals surface area contributed by atoms with Crippen LogP contribution in [0.2, 0.25) is 0 Å². The molecule has 2 aromatic rings. The van der Waals surface area contributed by atoms with Crippen molar-refractivity contribution in [3.63, 3.8) is 0 Å². The van der Waals surface area contributed by atoms with Crippen LogP contribution in [-0.4, -0.2) is 41.1 Å². The molecule has 3 amide bonds. The van der Waals surface area contributed by atoms with E-state index in [0.717, 1.165) is 5.56 Å². The third-order valence-corrected chi connectivity index (χ3v) is 4.57. The van der Waals surface area contributed by atoms with Gasteiger partial charge in [-0.15, -0.1) is 0 Å². The molecule has 0 aliphatic carbocycles. The van der Waals surface area contributed by atoms with Crippen molar-refractivity contribution in [2.75, 3.05) is 0 Å². The Morgan fingerprint density at radius 1 is 0.935 bits per heavy atom. The Morgan fingerprint density at radius 2 is 1.48 bits per heavy atom. The van der Waals surface area contributed by atoms with Gasteiger partial charge < -0.3 is 26.2 Å². The first-order valence-corrected chi connectivity index (χ1v) is 9.61. The maximum absolute atomic E-state index is 12.8. The fraction of sp³-hybridized carbons (Fsp3) is 0.273. The first-order valence-electron chi connectivity index (χ1n) is 9.61. The second-order valence-corrected chi connectivity index (χ2v) is 6.95. The Kier molecular flexibility index (Phi) is 8.56. The SMILES string of the molecule is C[C@@H](NC(=O)[C@@H](NC(=O)OCc1ccccc1)C(Cc1ccccc1)C(=O)O)C(N)=O. The molecule has 164 valence electrons.